The van der Waals surface area contributed by atoms with Crippen LogP contribution in [-0.2, 0) is 33.3 Å². The number of hydrogen-bond acceptors (Lipinski definition) is 15. The van der Waals surface area contributed by atoms with E-state index in [9.17, 15) is 31.0 Å². The molecule has 6 N–H and O–H groups in total. The van der Waals surface area contributed by atoms with Gasteiger partial charge in [0.25, 0.3) is 11.8 Å². The Labute approximate surface area is 333 Å². The molecule has 2 heterocycles. The van der Waals surface area contributed by atoms with Gasteiger partial charge in [-0.15, -0.1) is 0 Å². The largest absolute Gasteiger partial charge is 0.382 e. The van der Waals surface area contributed by atoms with E-state index in [-0.39, 0.29) is 44.2 Å². The molecule has 0 aliphatic heterocycles. The first-order valence-corrected chi connectivity index (χ1v) is 21.6. The summed E-state index contributed by atoms with van der Waals surface area (Å²) in [6, 6.07) is 24.9. The molecule has 2 aromatic heterocycles. The van der Waals surface area contributed by atoms with Crippen LogP contribution in [0.2, 0.25) is 0 Å². The van der Waals surface area contributed by atoms with Crippen LogP contribution in [0.5, 0.6) is 0 Å². The van der Waals surface area contributed by atoms with Gasteiger partial charge in [-0.3, -0.25) is 23.2 Å². The minimum Gasteiger partial charge on any atom is -0.382 e. The third kappa shape index (κ3) is 10.1. The number of nitrogen functional groups attached to an aromatic ring is 2. The lowest BCUT2D eigenvalue weighted by Gasteiger charge is -2.11. The normalized spacial score (nSPS) is 11.6. The fourth-order valence-electron chi connectivity index (χ4n) is 5.16. The second kappa shape index (κ2) is 17.4. The molecule has 4 aromatic carbocycles. The summed E-state index contributed by atoms with van der Waals surface area (Å²) in [5.74, 6) is -3.75. The van der Waals surface area contributed by atoms with Crippen molar-refractivity contribution < 1.29 is 40.0 Å². The predicted octanol–water partition coefficient (Wildman–Crippen LogP) is 5.47. The Bertz CT molecular complexity index is 2550. The van der Waals surface area contributed by atoms with Crippen LogP contribution in [0.25, 0.3) is 22.5 Å². The van der Waals surface area contributed by atoms with Crippen molar-refractivity contribution in [3.63, 3.8) is 0 Å². The van der Waals surface area contributed by atoms with E-state index >= 15 is 0 Å². The SMILES string of the molecule is Cc1ccc(-c2cnc(N)c(C(=O)Nc3ccc(S(=O)(=O)CO[PH](=O)OCS(=O)(=O)c4ccc(NC(=O)c5nc(-c6ccc(C)cc6)cnc5N)cc4)cc3)n2)cc1. The second-order valence-electron chi connectivity index (χ2n) is 12.7. The third-order valence-corrected chi connectivity index (χ3v) is 12.3. The van der Waals surface area contributed by atoms with Crippen molar-refractivity contribution in [1.82, 2.24) is 19.9 Å². The van der Waals surface area contributed by atoms with Gasteiger partial charge in [0.1, 0.15) is 0 Å². The topological polar surface area (TPSA) is 266 Å². The van der Waals surface area contributed by atoms with Crippen LogP contribution in [0, 0.1) is 13.8 Å². The molecule has 0 unspecified atom stereocenters. The number of nitrogens with one attached hydrogen (secondary N) is 2. The molecule has 0 bridgehead atoms. The van der Waals surface area contributed by atoms with Crippen molar-refractivity contribution in [3.8, 4) is 22.5 Å². The maximum absolute atomic E-state index is 13.0. The molecule has 298 valence electrons. The van der Waals surface area contributed by atoms with E-state index < -0.39 is 51.6 Å². The van der Waals surface area contributed by atoms with Gasteiger partial charge in [-0.25, -0.2) is 36.8 Å². The first-order chi connectivity index (χ1) is 27.6. The Kier molecular flexibility index (Phi) is 12.4. The van der Waals surface area contributed by atoms with Gasteiger partial charge in [-0.2, -0.15) is 0 Å². The van der Waals surface area contributed by atoms with Crippen LogP contribution in [0.15, 0.2) is 119 Å². The summed E-state index contributed by atoms with van der Waals surface area (Å²) in [6.45, 7) is 3.87. The highest BCUT2D eigenvalue weighted by atomic mass is 32.2. The average molecular weight is 843 g/mol. The standard InChI is InChI=1S/C38H35N8O9PS2/c1-23-3-7-25(8-4-23)31-19-41-35(39)33(45-31)37(47)43-27-11-15-29(16-12-27)57(50,51)21-54-56(49)55-22-58(52,53)30-17-13-28(14-18-30)44-38(48)34-36(40)42-20-32(46-34)26-9-5-24(2)6-10-26/h3-20,56H,21-22H2,1-2H3,(H2,39,41)(H2,40,42)(H,43,47)(H,44,48). The van der Waals surface area contributed by atoms with Gasteiger partial charge < -0.3 is 22.1 Å². The zero-order chi connectivity index (χ0) is 41.6. The number of benzene rings is 4. The maximum Gasteiger partial charge on any atom is 0.321 e. The molecular formula is C38H35N8O9PS2. The molecule has 0 saturated carbocycles. The van der Waals surface area contributed by atoms with Crippen molar-refractivity contribution in [2.45, 2.75) is 23.6 Å². The number of carbonyl (C=O) groups excluding carboxylic acids is 2. The van der Waals surface area contributed by atoms with E-state index in [2.05, 4.69) is 30.6 Å². The smallest absolute Gasteiger partial charge is 0.321 e. The second-order valence-corrected chi connectivity index (χ2v) is 17.6. The van der Waals surface area contributed by atoms with Crippen LogP contribution in [0.4, 0.5) is 23.0 Å². The van der Waals surface area contributed by atoms with E-state index in [1.807, 2.05) is 62.4 Å². The number of anilines is 4. The summed E-state index contributed by atoms with van der Waals surface area (Å²) in [7, 11) is -12.0. The summed E-state index contributed by atoms with van der Waals surface area (Å²) >= 11 is 0. The Morgan fingerprint density at radius 3 is 1.28 bits per heavy atom. The Hall–Kier alpha value is -6.37. The summed E-state index contributed by atoms with van der Waals surface area (Å²) in [4.78, 5) is 42.3. The van der Waals surface area contributed by atoms with E-state index in [0.29, 0.717) is 11.4 Å². The minimum absolute atomic E-state index is 0.104. The lowest BCUT2D eigenvalue weighted by atomic mass is 10.1. The number of carbonyl (C=O) groups is 2. The fraction of sp³-hybridized carbons (Fsp3) is 0.105. The Balaban J connectivity index is 0.995. The fourth-order valence-corrected chi connectivity index (χ4v) is 8.63. The molecule has 2 amide bonds. The quantitative estimate of drug-likeness (QED) is 0.0991. The molecule has 20 heteroatoms. The van der Waals surface area contributed by atoms with E-state index in [1.54, 1.807) is 0 Å². The van der Waals surface area contributed by atoms with E-state index in [4.69, 9.17) is 20.5 Å². The highest BCUT2D eigenvalue weighted by Crippen LogP contribution is 2.29. The molecule has 0 fully saturated rings. The van der Waals surface area contributed by atoms with Gasteiger partial charge >= 0.3 is 8.25 Å². The molecule has 6 rings (SSSR count). The van der Waals surface area contributed by atoms with Gasteiger partial charge in [-0.1, -0.05) is 59.7 Å². The van der Waals surface area contributed by atoms with Gasteiger partial charge in [-0.05, 0) is 62.4 Å². The number of aryl methyl sites for hydroxylation is 2. The lowest BCUT2D eigenvalue weighted by Crippen LogP contribution is -2.17. The predicted molar refractivity (Wildman–Crippen MR) is 217 cm³/mol. The van der Waals surface area contributed by atoms with Crippen molar-refractivity contribution in [1.29, 1.82) is 0 Å². The van der Waals surface area contributed by atoms with Gasteiger partial charge in [0, 0.05) is 22.5 Å². The zero-order valence-corrected chi connectivity index (χ0v) is 33.4. The highest BCUT2D eigenvalue weighted by molar-refractivity contribution is 7.91. The van der Waals surface area contributed by atoms with Crippen molar-refractivity contribution in [2.75, 3.05) is 34.0 Å². The van der Waals surface area contributed by atoms with Crippen LogP contribution >= 0.6 is 8.25 Å². The van der Waals surface area contributed by atoms with Crippen LogP contribution < -0.4 is 22.1 Å². The Morgan fingerprint density at radius 2 is 0.931 bits per heavy atom. The number of amides is 2. The Morgan fingerprint density at radius 1 is 0.586 bits per heavy atom. The molecule has 0 aliphatic carbocycles. The van der Waals surface area contributed by atoms with E-state index in [0.717, 1.165) is 22.3 Å². The number of rotatable bonds is 14. The van der Waals surface area contributed by atoms with Crippen molar-refractivity contribution in [2.24, 2.45) is 0 Å². The number of nitrogens with zero attached hydrogens (tertiary/aromatic N) is 4. The molecule has 0 spiro atoms. The molecule has 0 saturated heterocycles. The van der Waals surface area contributed by atoms with Gasteiger partial charge in [0.15, 0.2) is 34.9 Å². The van der Waals surface area contributed by atoms with E-state index in [1.165, 1.54) is 60.9 Å². The maximum atomic E-state index is 13.0. The summed E-state index contributed by atoms with van der Waals surface area (Å²) in [5, 5.41) is 5.18. The number of aromatic nitrogens is 4. The lowest BCUT2D eigenvalue weighted by molar-refractivity contribution is 0.101. The molecule has 0 aliphatic rings. The number of nitrogens with two attached hydrogens (primary N) is 2. The summed E-state index contributed by atoms with van der Waals surface area (Å²) in [6.07, 6.45) is 2.89. The van der Waals surface area contributed by atoms with Crippen molar-refractivity contribution in [3.05, 3.63) is 132 Å². The summed E-state index contributed by atoms with van der Waals surface area (Å²) in [5.41, 5.74) is 16.4. The molecule has 0 radical (unpaired) electrons. The summed E-state index contributed by atoms with van der Waals surface area (Å²) < 4.78 is 73.7. The highest BCUT2D eigenvalue weighted by Gasteiger charge is 2.22. The van der Waals surface area contributed by atoms with Gasteiger partial charge in [0.05, 0.1) is 33.6 Å². The van der Waals surface area contributed by atoms with Crippen LogP contribution in [0.3, 0.4) is 0 Å². The van der Waals surface area contributed by atoms with Gasteiger partial charge in [0.2, 0.25) is 19.7 Å². The minimum atomic E-state index is -4.19. The van der Waals surface area contributed by atoms with Crippen molar-refractivity contribution >= 4 is 62.8 Å². The van der Waals surface area contributed by atoms with Crippen LogP contribution in [0.1, 0.15) is 32.1 Å². The first kappa shape index (κ1) is 41.3. The molecular weight excluding hydrogens is 808 g/mol. The number of sulfone groups is 2. The average Bonchev–Trinajstić information content (AvgIpc) is 3.21. The molecule has 17 nitrogen and oxygen atoms in total. The molecule has 0 atom stereocenters. The molecule has 6 aromatic rings. The first-order valence-electron chi connectivity index (χ1n) is 17.0. The molecule has 58 heavy (non-hydrogen) atoms. The zero-order valence-electron chi connectivity index (χ0n) is 30.7. The third-order valence-electron chi connectivity index (χ3n) is 8.33. The monoisotopic (exact) mass is 842 g/mol. The van der Waals surface area contributed by atoms with Crippen LogP contribution in [-0.4, -0.2) is 60.5 Å². The number of hydrogen-bond donors (Lipinski definition) is 4.